The highest BCUT2D eigenvalue weighted by Crippen LogP contribution is 2.48. The molecule has 0 amide bonds. The van der Waals surface area contributed by atoms with Gasteiger partial charge in [-0.3, -0.25) is 0 Å². The van der Waals surface area contributed by atoms with Gasteiger partial charge in [-0.15, -0.1) is 0 Å². The third-order valence-corrected chi connectivity index (χ3v) is 6.46. The van der Waals surface area contributed by atoms with Gasteiger partial charge in [-0.25, -0.2) is 0 Å². The monoisotopic (exact) mass is 421 g/mol. The smallest absolute Gasteiger partial charge is 0.122 e. The fourth-order valence-electron chi connectivity index (χ4n) is 4.43. The lowest BCUT2D eigenvalue weighted by atomic mass is 9.87. The molecule has 5 unspecified atom stereocenters. The van der Waals surface area contributed by atoms with E-state index in [9.17, 15) is 4.79 Å². The van der Waals surface area contributed by atoms with Crippen LogP contribution in [0.4, 0.5) is 0 Å². The van der Waals surface area contributed by atoms with Crippen LogP contribution in [0, 0.1) is 5.92 Å². The Balaban J connectivity index is 0.000000575. The summed E-state index contributed by atoms with van der Waals surface area (Å²) in [6.07, 6.45) is 15.0. The molecule has 3 aliphatic heterocycles. The van der Waals surface area contributed by atoms with Crippen molar-refractivity contribution in [3.05, 3.63) is 23.8 Å². The van der Waals surface area contributed by atoms with Crippen LogP contribution < -0.4 is 5.32 Å². The summed E-state index contributed by atoms with van der Waals surface area (Å²) in [7, 11) is 1.96. The molecule has 0 saturated carbocycles. The van der Waals surface area contributed by atoms with Crippen LogP contribution in [-0.4, -0.2) is 56.5 Å². The van der Waals surface area contributed by atoms with Crippen LogP contribution in [0.25, 0.3) is 0 Å². The molecular weight excluding hydrogens is 378 g/mol. The lowest BCUT2D eigenvalue weighted by Gasteiger charge is -2.32. The number of epoxide rings is 1. The van der Waals surface area contributed by atoms with Gasteiger partial charge in [0.1, 0.15) is 6.29 Å². The van der Waals surface area contributed by atoms with Gasteiger partial charge in [0.25, 0.3) is 0 Å². The number of nitrogens with one attached hydrogen (secondary N) is 1. The molecule has 30 heavy (non-hydrogen) atoms. The summed E-state index contributed by atoms with van der Waals surface area (Å²) in [5.41, 5.74) is 1.17. The van der Waals surface area contributed by atoms with Gasteiger partial charge in [0, 0.05) is 25.9 Å². The summed E-state index contributed by atoms with van der Waals surface area (Å²) in [6, 6.07) is 0. The van der Waals surface area contributed by atoms with Gasteiger partial charge in [0.15, 0.2) is 0 Å². The second-order valence-electron chi connectivity index (χ2n) is 9.11. The van der Waals surface area contributed by atoms with Crippen molar-refractivity contribution in [3.63, 3.8) is 0 Å². The minimum Gasteiger partial charge on any atom is -0.378 e. The molecule has 0 aliphatic carbocycles. The number of carbonyl (C=O) groups is 1. The largest absolute Gasteiger partial charge is 0.378 e. The zero-order valence-corrected chi connectivity index (χ0v) is 19.7. The van der Waals surface area contributed by atoms with Crippen molar-refractivity contribution in [1.29, 1.82) is 0 Å². The number of aldehydes is 1. The molecule has 172 valence electrons. The number of hydrogen-bond donors (Lipinski definition) is 1. The number of allylic oxidation sites excluding steroid dienone is 2. The Morgan fingerprint density at radius 3 is 2.57 bits per heavy atom. The molecule has 5 nitrogen and oxygen atoms in total. The van der Waals surface area contributed by atoms with E-state index in [0.717, 1.165) is 38.7 Å². The first-order valence-electron chi connectivity index (χ1n) is 11.8. The first-order chi connectivity index (χ1) is 14.4. The summed E-state index contributed by atoms with van der Waals surface area (Å²) in [5, 5.41) is 3.02. The molecule has 3 saturated heterocycles. The van der Waals surface area contributed by atoms with Crippen LogP contribution in [0.1, 0.15) is 72.6 Å². The minimum atomic E-state index is -0.0656. The summed E-state index contributed by atoms with van der Waals surface area (Å²) < 4.78 is 17.8. The van der Waals surface area contributed by atoms with Crippen molar-refractivity contribution >= 4 is 6.29 Å². The molecule has 0 aromatic carbocycles. The fourth-order valence-corrected chi connectivity index (χ4v) is 4.43. The maximum absolute atomic E-state index is 10.9. The van der Waals surface area contributed by atoms with Crippen molar-refractivity contribution < 1.29 is 19.0 Å². The van der Waals surface area contributed by atoms with Crippen LogP contribution in [0.3, 0.4) is 0 Å². The van der Waals surface area contributed by atoms with E-state index < -0.39 is 0 Å². The number of rotatable bonds is 8. The van der Waals surface area contributed by atoms with Gasteiger partial charge < -0.3 is 24.3 Å². The number of carbonyl (C=O) groups excluding carboxylic acids is 1. The van der Waals surface area contributed by atoms with Crippen LogP contribution in [-0.2, 0) is 19.0 Å². The molecule has 3 aliphatic rings. The molecular formula is C25H43NO4. The minimum absolute atomic E-state index is 0.0216. The van der Waals surface area contributed by atoms with Crippen LogP contribution >= 0.6 is 0 Å². The first kappa shape index (κ1) is 25.3. The third-order valence-electron chi connectivity index (χ3n) is 6.46. The number of hydrogen-bond acceptors (Lipinski definition) is 5. The maximum atomic E-state index is 10.9. The second-order valence-corrected chi connectivity index (χ2v) is 9.11. The van der Waals surface area contributed by atoms with Crippen molar-refractivity contribution in [3.8, 4) is 0 Å². The fraction of sp³-hybridized carbons (Fsp3) is 0.800. The molecule has 5 heteroatoms. The lowest BCUT2D eigenvalue weighted by Crippen LogP contribution is -2.38. The highest BCUT2D eigenvalue weighted by atomic mass is 16.6. The molecule has 3 rings (SSSR count). The van der Waals surface area contributed by atoms with E-state index >= 15 is 0 Å². The Kier molecular flexibility index (Phi) is 10.7. The van der Waals surface area contributed by atoms with E-state index in [2.05, 4.69) is 51.2 Å². The van der Waals surface area contributed by atoms with Gasteiger partial charge in [0.05, 0.1) is 30.0 Å². The van der Waals surface area contributed by atoms with E-state index in [-0.39, 0.29) is 23.9 Å². The molecule has 1 spiro atoms. The van der Waals surface area contributed by atoms with E-state index in [1.165, 1.54) is 24.8 Å². The third kappa shape index (κ3) is 7.92. The van der Waals surface area contributed by atoms with Crippen LogP contribution in [0.2, 0.25) is 0 Å². The Morgan fingerprint density at radius 1 is 1.23 bits per heavy atom. The van der Waals surface area contributed by atoms with Crippen molar-refractivity contribution in [2.24, 2.45) is 5.92 Å². The Morgan fingerprint density at radius 2 is 2.00 bits per heavy atom. The zero-order valence-electron chi connectivity index (χ0n) is 19.7. The van der Waals surface area contributed by atoms with E-state index in [0.29, 0.717) is 18.4 Å². The predicted octanol–water partition coefficient (Wildman–Crippen LogP) is 4.60. The summed E-state index contributed by atoms with van der Waals surface area (Å²) in [6.45, 7) is 10.7. The Labute approximate surface area is 183 Å². The molecule has 3 fully saturated rings. The van der Waals surface area contributed by atoms with Crippen LogP contribution in [0.15, 0.2) is 23.8 Å². The molecule has 1 N–H and O–H groups in total. The highest BCUT2D eigenvalue weighted by Gasteiger charge is 2.57. The molecule has 0 bridgehead atoms. The van der Waals surface area contributed by atoms with Crippen molar-refractivity contribution in [2.75, 3.05) is 20.2 Å². The highest BCUT2D eigenvalue weighted by molar-refractivity contribution is 5.50. The van der Waals surface area contributed by atoms with Crippen LogP contribution in [0.5, 0.6) is 0 Å². The van der Waals surface area contributed by atoms with Crippen molar-refractivity contribution in [1.82, 2.24) is 5.32 Å². The molecule has 0 aromatic rings. The van der Waals surface area contributed by atoms with Gasteiger partial charge in [-0.1, -0.05) is 37.6 Å². The summed E-state index contributed by atoms with van der Waals surface area (Å²) >= 11 is 0. The topological polar surface area (TPSA) is 60.1 Å². The second kappa shape index (κ2) is 12.7. The number of ether oxygens (including phenoxy) is 3. The first-order valence-corrected chi connectivity index (χ1v) is 11.8. The summed E-state index contributed by atoms with van der Waals surface area (Å²) in [5.74, 6) is 0.640. The van der Waals surface area contributed by atoms with Gasteiger partial charge in [-0.05, 0) is 59.0 Å². The normalized spacial score (nSPS) is 36.4. The predicted molar refractivity (Wildman–Crippen MR) is 122 cm³/mol. The van der Waals surface area contributed by atoms with Crippen molar-refractivity contribution in [2.45, 2.75) is 103 Å². The van der Waals surface area contributed by atoms with Gasteiger partial charge >= 0.3 is 0 Å². The standard InChI is InChI=1S/C21H32O4.C4H11N/c1-15(7-9-20-16(2)5-4-12-23-20)6-8-18-13-21(17(3)25-21)14-19(24-18)10-11-22;1-3-4-5-2/h6-8,11,16-20H,4-5,9-10,12-14H2,1-3H3;5H,3-4H2,1-2H3/b8-6+,15-7+;/t16?,17?,18?,19-,20?,21?;/m1./s1. The quantitative estimate of drug-likeness (QED) is 0.352. The van der Waals surface area contributed by atoms with E-state index in [1.54, 1.807) is 0 Å². The molecule has 0 aromatic heterocycles. The Hall–Kier alpha value is -1.01. The van der Waals surface area contributed by atoms with Gasteiger partial charge in [-0.2, -0.15) is 0 Å². The average Bonchev–Trinajstić information content (AvgIpc) is 3.33. The Bertz CT molecular complexity index is 573. The average molecular weight is 422 g/mol. The zero-order chi connectivity index (χ0) is 22.0. The maximum Gasteiger partial charge on any atom is 0.122 e. The van der Waals surface area contributed by atoms with E-state index in [4.69, 9.17) is 14.2 Å². The van der Waals surface area contributed by atoms with Gasteiger partial charge in [0.2, 0.25) is 0 Å². The summed E-state index contributed by atoms with van der Waals surface area (Å²) in [4.78, 5) is 10.9. The molecule has 3 heterocycles. The lowest BCUT2D eigenvalue weighted by molar-refractivity contribution is -0.114. The van der Waals surface area contributed by atoms with E-state index in [1.807, 2.05) is 7.05 Å². The molecule has 6 atom stereocenters. The SMILES string of the molecule is CC(/C=C/C1CC2(C[C@@H](CC=O)O1)OC2C)=C\CC1OCCCC1C.CCCNC. The molecule has 0 radical (unpaired) electrons.